The molecule has 2 aromatic heterocycles. The van der Waals surface area contributed by atoms with Gasteiger partial charge in [-0.25, -0.2) is 4.98 Å². The molecule has 0 radical (unpaired) electrons. The summed E-state index contributed by atoms with van der Waals surface area (Å²) in [6.45, 7) is 2.79. The van der Waals surface area contributed by atoms with Crippen molar-refractivity contribution in [3.8, 4) is 17.1 Å². The molecule has 0 saturated carbocycles. The summed E-state index contributed by atoms with van der Waals surface area (Å²) < 4.78 is 5.74. The van der Waals surface area contributed by atoms with Crippen LogP contribution >= 0.6 is 11.8 Å². The highest BCUT2D eigenvalue weighted by Gasteiger charge is 2.75. The van der Waals surface area contributed by atoms with Gasteiger partial charge in [-0.1, -0.05) is 6.07 Å². The first kappa shape index (κ1) is 23.0. The van der Waals surface area contributed by atoms with Crippen LogP contribution in [0, 0.1) is 0 Å². The number of ether oxygens (including phenoxy) is 1. The van der Waals surface area contributed by atoms with Gasteiger partial charge in [0.25, 0.3) is 0 Å². The second-order valence-electron chi connectivity index (χ2n) is 7.37. The molecule has 164 valence electrons. The van der Waals surface area contributed by atoms with Gasteiger partial charge in [0.2, 0.25) is 11.5 Å². The van der Waals surface area contributed by atoms with Crippen LogP contribution in [0.15, 0.2) is 42.7 Å². The van der Waals surface area contributed by atoms with Crippen LogP contribution in [0.5, 0.6) is 5.88 Å². The summed E-state index contributed by atoms with van der Waals surface area (Å²) in [5, 5.41) is 33.4. The molecule has 0 aromatic carbocycles. The average Bonchev–Trinajstić information content (AvgIpc) is 2.74. The number of Topliss-reactive ketones (excluding diaryl/α,β-unsaturated/α-hetero) is 3. The predicted octanol–water partition coefficient (Wildman–Crippen LogP) is 0.556. The molecule has 0 spiro atoms. The van der Waals surface area contributed by atoms with Gasteiger partial charge in [-0.3, -0.25) is 19.4 Å². The van der Waals surface area contributed by atoms with E-state index in [0.29, 0.717) is 11.3 Å². The van der Waals surface area contributed by atoms with Gasteiger partial charge in [0.15, 0.2) is 34.0 Å². The quantitative estimate of drug-likeness (QED) is 0.575. The van der Waals surface area contributed by atoms with Crippen LogP contribution in [-0.2, 0) is 14.4 Å². The summed E-state index contributed by atoms with van der Waals surface area (Å²) in [5.41, 5.74) is -9.07. The second kappa shape index (κ2) is 8.12. The van der Waals surface area contributed by atoms with Gasteiger partial charge in [-0.2, -0.15) is 0 Å². The van der Waals surface area contributed by atoms with Gasteiger partial charge < -0.3 is 20.1 Å². The monoisotopic (exact) mass is 446 g/mol. The number of hydrogen-bond donors (Lipinski definition) is 3. The van der Waals surface area contributed by atoms with E-state index in [9.17, 15) is 29.7 Å². The van der Waals surface area contributed by atoms with Crippen molar-refractivity contribution in [2.75, 3.05) is 5.75 Å². The number of thioether (sulfide) groups is 1. The lowest BCUT2D eigenvalue weighted by Gasteiger charge is -2.54. The Balaban J connectivity index is 2.06. The van der Waals surface area contributed by atoms with E-state index in [-0.39, 0.29) is 5.88 Å². The van der Waals surface area contributed by atoms with Crippen molar-refractivity contribution in [1.29, 1.82) is 0 Å². The maximum atomic E-state index is 12.5. The van der Waals surface area contributed by atoms with Crippen molar-refractivity contribution in [3.63, 3.8) is 0 Å². The molecule has 10 heteroatoms. The first-order valence-corrected chi connectivity index (χ1v) is 10.4. The smallest absolute Gasteiger partial charge is 0.215 e. The van der Waals surface area contributed by atoms with Crippen LogP contribution in [0.25, 0.3) is 11.3 Å². The van der Waals surface area contributed by atoms with Gasteiger partial charge >= 0.3 is 0 Å². The lowest BCUT2D eigenvalue weighted by Crippen LogP contribution is -2.82. The molecule has 3 N–H and O–H groups in total. The van der Waals surface area contributed by atoms with Crippen LogP contribution in [0.3, 0.4) is 0 Å². The lowest BCUT2D eigenvalue weighted by molar-refractivity contribution is -0.236. The number of aliphatic hydroxyl groups is 3. The summed E-state index contributed by atoms with van der Waals surface area (Å²) >= 11 is 0.722. The standard InChI is InChI=1S/C21H22N2O7S/c1-12(24)19(27)11-31-18(20(28,13(2)25)21(19,29)14(3)26)30-17-8-4-7-16(23-17)15-6-5-9-22-10-15/h4-10,18,27-29H,11H2,1-3H3/t18-,19-,20-,21-/m0/s1. The summed E-state index contributed by atoms with van der Waals surface area (Å²) in [4.78, 5) is 45.5. The van der Waals surface area contributed by atoms with Crippen molar-refractivity contribution in [2.24, 2.45) is 0 Å². The molecule has 1 aliphatic rings. The van der Waals surface area contributed by atoms with Crippen molar-refractivity contribution in [3.05, 3.63) is 42.7 Å². The Bertz CT molecular complexity index is 1030. The van der Waals surface area contributed by atoms with Gasteiger partial charge in [0.05, 0.1) is 5.69 Å². The molecule has 9 nitrogen and oxygen atoms in total. The summed E-state index contributed by atoms with van der Waals surface area (Å²) in [6, 6.07) is 8.32. The van der Waals surface area contributed by atoms with Crippen molar-refractivity contribution >= 4 is 29.1 Å². The van der Waals surface area contributed by atoms with E-state index in [1.165, 1.54) is 6.07 Å². The van der Waals surface area contributed by atoms with E-state index >= 15 is 0 Å². The minimum Gasteiger partial charge on any atom is -0.459 e. The molecule has 3 rings (SSSR count). The van der Waals surface area contributed by atoms with Crippen molar-refractivity contribution < 1.29 is 34.4 Å². The Kier molecular flexibility index (Phi) is 6.03. The van der Waals surface area contributed by atoms with Gasteiger partial charge in [-0.05, 0) is 39.0 Å². The highest BCUT2D eigenvalue weighted by Crippen LogP contribution is 2.48. The lowest BCUT2D eigenvalue weighted by atomic mass is 9.65. The van der Waals surface area contributed by atoms with Crippen molar-refractivity contribution in [2.45, 2.75) is 43.0 Å². The Morgan fingerprint density at radius 3 is 2.29 bits per heavy atom. The zero-order valence-corrected chi connectivity index (χ0v) is 17.9. The molecular weight excluding hydrogens is 424 g/mol. The average molecular weight is 446 g/mol. The van der Waals surface area contributed by atoms with Gasteiger partial charge in [-0.15, -0.1) is 11.8 Å². The Labute approximate surface area is 182 Å². The zero-order valence-electron chi connectivity index (χ0n) is 17.1. The summed E-state index contributed by atoms with van der Waals surface area (Å²) in [5.74, 6) is -3.65. The molecule has 1 aliphatic heterocycles. The third-order valence-electron chi connectivity index (χ3n) is 5.47. The molecule has 2 aromatic rings. The van der Waals surface area contributed by atoms with E-state index in [1.807, 2.05) is 0 Å². The highest BCUT2D eigenvalue weighted by molar-refractivity contribution is 8.00. The zero-order chi connectivity index (χ0) is 23.0. The summed E-state index contributed by atoms with van der Waals surface area (Å²) in [6.07, 6.45) is 3.20. The SMILES string of the molecule is CC(=O)[C@]1(O)[C@@](O)(C(C)=O)CS[C@H](Oc2cccc(-c3cccnc3)n2)[C@@]1(O)C(C)=O. The number of rotatable bonds is 6. The van der Waals surface area contributed by atoms with Crippen LogP contribution in [0.2, 0.25) is 0 Å². The van der Waals surface area contributed by atoms with Crippen LogP contribution in [0.1, 0.15) is 20.8 Å². The predicted molar refractivity (Wildman–Crippen MR) is 111 cm³/mol. The number of hydrogen-bond acceptors (Lipinski definition) is 10. The highest BCUT2D eigenvalue weighted by atomic mass is 32.2. The van der Waals surface area contributed by atoms with Crippen molar-refractivity contribution in [1.82, 2.24) is 9.97 Å². The van der Waals surface area contributed by atoms with E-state index < -0.39 is 45.3 Å². The first-order chi connectivity index (χ1) is 14.5. The molecule has 0 amide bonds. The van der Waals surface area contributed by atoms with E-state index in [1.54, 1.807) is 36.7 Å². The maximum absolute atomic E-state index is 12.5. The van der Waals surface area contributed by atoms with E-state index in [2.05, 4.69) is 9.97 Å². The molecular formula is C21H22N2O7S. The fourth-order valence-corrected chi connectivity index (χ4v) is 5.18. The first-order valence-electron chi connectivity index (χ1n) is 9.34. The van der Waals surface area contributed by atoms with Gasteiger partial charge in [0, 0.05) is 29.8 Å². The molecule has 3 heterocycles. The topological polar surface area (TPSA) is 147 Å². The number of nitrogens with zero attached hydrogens (tertiary/aromatic N) is 2. The van der Waals surface area contributed by atoms with Crippen LogP contribution in [-0.4, -0.2) is 70.6 Å². The fourth-order valence-electron chi connectivity index (χ4n) is 3.63. The number of carbonyl (C=O) groups is 3. The molecule has 1 saturated heterocycles. The number of aromatic nitrogens is 2. The molecule has 0 bridgehead atoms. The van der Waals surface area contributed by atoms with E-state index in [0.717, 1.165) is 32.5 Å². The van der Waals surface area contributed by atoms with Crippen LogP contribution in [0.4, 0.5) is 0 Å². The molecule has 1 fully saturated rings. The Hall–Kier alpha value is -2.66. The molecule has 4 atom stereocenters. The van der Waals surface area contributed by atoms with Crippen LogP contribution < -0.4 is 4.74 Å². The maximum Gasteiger partial charge on any atom is 0.215 e. The Morgan fingerprint density at radius 2 is 1.74 bits per heavy atom. The number of carbonyl (C=O) groups excluding carboxylic acids is 3. The third kappa shape index (κ3) is 3.45. The fraction of sp³-hybridized carbons (Fsp3) is 0.381. The number of ketones is 3. The minimum atomic E-state index is -3.12. The third-order valence-corrected chi connectivity index (χ3v) is 6.80. The normalized spacial score (nSPS) is 30.5. The van der Waals surface area contributed by atoms with Gasteiger partial charge in [0.1, 0.15) is 0 Å². The molecule has 0 aliphatic carbocycles. The molecule has 0 unspecified atom stereocenters. The summed E-state index contributed by atoms with van der Waals surface area (Å²) in [7, 11) is 0. The second-order valence-corrected chi connectivity index (χ2v) is 8.42. The largest absolute Gasteiger partial charge is 0.459 e. The van der Waals surface area contributed by atoms with E-state index in [4.69, 9.17) is 4.74 Å². The Morgan fingerprint density at radius 1 is 1.03 bits per heavy atom. The minimum absolute atomic E-state index is 0.00213. The molecule has 31 heavy (non-hydrogen) atoms. The number of pyridine rings is 2.